The van der Waals surface area contributed by atoms with E-state index in [4.69, 9.17) is 11.6 Å². The molecule has 4 nitrogen and oxygen atoms in total. The average molecular weight is 381 g/mol. The lowest BCUT2D eigenvalue weighted by atomic mass is 10.2. The Balaban J connectivity index is 2.33. The molecule has 0 aliphatic heterocycles. The molecule has 1 aromatic heterocycles. The maximum Gasteiger partial charge on any atom is 0.271 e. The van der Waals surface area contributed by atoms with Gasteiger partial charge in [0.1, 0.15) is 10.5 Å². The molecule has 0 saturated carbocycles. The number of halogens is 2. The number of benzene rings is 1. The van der Waals surface area contributed by atoms with Crippen molar-refractivity contribution in [2.45, 2.75) is 4.21 Å². The number of hydrogen-bond donors (Lipinski definition) is 1. The lowest BCUT2D eigenvalue weighted by Gasteiger charge is -2.06. The average Bonchev–Trinajstić information content (AvgIpc) is 2.70. The molecule has 0 radical (unpaired) electrons. The van der Waals surface area contributed by atoms with E-state index in [1.54, 1.807) is 18.2 Å². The minimum absolute atomic E-state index is 0.0980. The van der Waals surface area contributed by atoms with Gasteiger partial charge in [-0.3, -0.25) is 9.52 Å². The van der Waals surface area contributed by atoms with Gasteiger partial charge in [0.2, 0.25) is 0 Å². The Kier molecular flexibility index (Phi) is 4.29. The zero-order valence-electron chi connectivity index (χ0n) is 9.26. The molecular weight excluding hydrogens is 374 g/mol. The van der Waals surface area contributed by atoms with Crippen LogP contribution in [-0.2, 0) is 10.0 Å². The molecule has 0 spiro atoms. The molecule has 0 fully saturated rings. The lowest BCUT2D eigenvalue weighted by molar-refractivity contribution is 0.112. The highest BCUT2D eigenvalue weighted by atomic mass is 79.9. The third kappa shape index (κ3) is 3.36. The Morgan fingerprint density at radius 1 is 1.32 bits per heavy atom. The topological polar surface area (TPSA) is 63.2 Å². The number of hydrogen-bond acceptors (Lipinski definition) is 4. The first-order valence-electron chi connectivity index (χ1n) is 4.95. The summed E-state index contributed by atoms with van der Waals surface area (Å²) in [6.07, 6.45) is 0.649. The summed E-state index contributed by atoms with van der Waals surface area (Å²) in [4.78, 5) is 10.6. The van der Waals surface area contributed by atoms with Gasteiger partial charge in [-0.25, -0.2) is 8.42 Å². The zero-order chi connectivity index (χ0) is 14.0. The molecule has 0 saturated heterocycles. The van der Waals surface area contributed by atoms with Gasteiger partial charge < -0.3 is 0 Å². The van der Waals surface area contributed by atoms with Gasteiger partial charge in [-0.1, -0.05) is 23.7 Å². The Bertz CT molecular complexity index is 708. The number of thiophene rings is 1. The molecule has 0 bridgehead atoms. The van der Waals surface area contributed by atoms with Crippen molar-refractivity contribution in [2.24, 2.45) is 0 Å². The summed E-state index contributed by atoms with van der Waals surface area (Å²) in [6, 6.07) is 7.56. The second kappa shape index (κ2) is 5.62. The Morgan fingerprint density at radius 3 is 2.63 bits per heavy atom. The molecule has 1 aromatic carbocycles. The number of anilines is 1. The molecule has 0 amide bonds. The molecule has 0 unspecified atom stereocenters. The van der Waals surface area contributed by atoms with Gasteiger partial charge in [-0.15, -0.1) is 11.3 Å². The molecule has 2 aromatic rings. The molecule has 19 heavy (non-hydrogen) atoms. The number of nitrogens with one attached hydrogen (secondary N) is 1. The van der Waals surface area contributed by atoms with Gasteiger partial charge in [0, 0.05) is 11.3 Å². The fourth-order valence-electron chi connectivity index (χ4n) is 1.34. The van der Waals surface area contributed by atoms with Gasteiger partial charge in [0.25, 0.3) is 10.0 Å². The first-order valence-corrected chi connectivity index (χ1v) is 8.42. The van der Waals surface area contributed by atoms with E-state index in [2.05, 4.69) is 20.7 Å². The summed E-state index contributed by atoms with van der Waals surface area (Å²) < 4.78 is 27.2. The van der Waals surface area contributed by atoms with E-state index in [-0.39, 0.29) is 4.21 Å². The summed E-state index contributed by atoms with van der Waals surface area (Å²) in [5, 5.41) is 0.340. The molecular formula is C11H7BrClNO3S2. The van der Waals surface area contributed by atoms with Gasteiger partial charge >= 0.3 is 0 Å². The van der Waals surface area contributed by atoms with Crippen LogP contribution in [0.2, 0.25) is 5.02 Å². The van der Waals surface area contributed by atoms with Crippen molar-refractivity contribution >= 4 is 60.9 Å². The van der Waals surface area contributed by atoms with Crippen LogP contribution >= 0.6 is 38.9 Å². The summed E-state index contributed by atoms with van der Waals surface area (Å²) in [7, 11) is -3.70. The minimum Gasteiger partial charge on any atom is -0.298 e. The maximum atomic E-state index is 12.1. The highest BCUT2D eigenvalue weighted by Gasteiger charge is 2.19. The summed E-state index contributed by atoms with van der Waals surface area (Å²) >= 11 is 9.99. The van der Waals surface area contributed by atoms with E-state index < -0.39 is 10.0 Å². The second-order valence-electron chi connectivity index (χ2n) is 3.54. The molecule has 1 heterocycles. The molecule has 0 atom stereocenters. The van der Waals surface area contributed by atoms with Crippen molar-refractivity contribution < 1.29 is 13.2 Å². The third-order valence-electron chi connectivity index (χ3n) is 2.16. The predicted octanol–water partition coefficient (Wildman–Crippen LogP) is 3.78. The van der Waals surface area contributed by atoms with Crippen LogP contribution in [-0.4, -0.2) is 14.7 Å². The van der Waals surface area contributed by atoms with Crippen LogP contribution in [0.25, 0.3) is 0 Å². The number of aldehydes is 1. The van der Waals surface area contributed by atoms with Crippen LogP contribution in [0.3, 0.4) is 0 Å². The van der Waals surface area contributed by atoms with E-state index in [1.165, 1.54) is 12.1 Å². The number of sulfonamides is 1. The van der Waals surface area contributed by atoms with Crippen LogP contribution < -0.4 is 4.72 Å². The van der Waals surface area contributed by atoms with Gasteiger partial charge in [0.05, 0.1) is 8.81 Å². The van der Waals surface area contributed by atoms with Crippen molar-refractivity contribution in [3.63, 3.8) is 0 Å². The van der Waals surface area contributed by atoms with E-state index in [0.29, 0.717) is 26.3 Å². The predicted molar refractivity (Wildman–Crippen MR) is 79.7 cm³/mol. The Morgan fingerprint density at radius 2 is 2.05 bits per heavy atom. The fraction of sp³-hybridized carbons (Fsp3) is 0. The van der Waals surface area contributed by atoms with Crippen molar-refractivity contribution in [1.82, 2.24) is 0 Å². The van der Waals surface area contributed by atoms with Crippen LogP contribution in [0, 0.1) is 0 Å². The van der Waals surface area contributed by atoms with Gasteiger partial charge in [-0.05, 0) is 34.1 Å². The van der Waals surface area contributed by atoms with Crippen LogP contribution in [0.4, 0.5) is 5.69 Å². The Labute approximate surface area is 127 Å². The quantitative estimate of drug-likeness (QED) is 0.821. The van der Waals surface area contributed by atoms with Crippen molar-refractivity contribution in [2.75, 3.05) is 4.72 Å². The Hall–Kier alpha value is -0.890. The van der Waals surface area contributed by atoms with E-state index in [0.717, 1.165) is 11.3 Å². The highest BCUT2D eigenvalue weighted by Crippen LogP contribution is 2.35. The second-order valence-corrected chi connectivity index (χ2v) is 8.22. The molecule has 100 valence electrons. The fourth-order valence-corrected chi connectivity index (χ4v) is 4.79. The summed E-state index contributed by atoms with van der Waals surface area (Å²) in [5.41, 5.74) is 0.718. The normalized spacial score (nSPS) is 11.3. The standard InChI is InChI=1S/C11H7BrClNO3S2/c12-11-9(13)5-10(18-11)19(16,17)14-8-3-1-2-7(4-8)6-15/h1-6,14H. The van der Waals surface area contributed by atoms with Crippen LogP contribution in [0.5, 0.6) is 0 Å². The third-order valence-corrected chi connectivity index (χ3v) is 6.49. The van der Waals surface area contributed by atoms with Crippen molar-refractivity contribution in [3.8, 4) is 0 Å². The van der Waals surface area contributed by atoms with E-state index in [1.807, 2.05) is 0 Å². The van der Waals surface area contributed by atoms with Crippen LogP contribution in [0.15, 0.2) is 38.3 Å². The van der Waals surface area contributed by atoms with Crippen molar-refractivity contribution in [3.05, 3.63) is 44.7 Å². The number of rotatable bonds is 4. The van der Waals surface area contributed by atoms with Gasteiger partial charge in [0.15, 0.2) is 0 Å². The highest BCUT2D eigenvalue weighted by molar-refractivity contribution is 9.11. The number of carbonyl (C=O) groups is 1. The van der Waals surface area contributed by atoms with Crippen molar-refractivity contribution in [1.29, 1.82) is 0 Å². The van der Waals surface area contributed by atoms with E-state index in [9.17, 15) is 13.2 Å². The lowest BCUT2D eigenvalue weighted by Crippen LogP contribution is -2.11. The SMILES string of the molecule is O=Cc1cccc(NS(=O)(=O)c2cc(Cl)c(Br)s2)c1. The molecule has 1 N–H and O–H groups in total. The first-order chi connectivity index (χ1) is 8.92. The van der Waals surface area contributed by atoms with E-state index >= 15 is 0 Å². The zero-order valence-corrected chi connectivity index (χ0v) is 13.2. The molecule has 2 rings (SSSR count). The number of carbonyl (C=O) groups excluding carboxylic acids is 1. The molecule has 0 aliphatic rings. The monoisotopic (exact) mass is 379 g/mol. The molecule has 8 heteroatoms. The largest absolute Gasteiger partial charge is 0.298 e. The van der Waals surface area contributed by atoms with Gasteiger partial charge in [-0.2, -0.15) is 0 Å². The minimum atomic E-state index is -3.70. The summed E-state index contributed by atoms with van der Waals surface area (Å²) in [6.45, 7) is 0. The summed E-state index contributed by atoms with van der Waals surface area (Å²) in [5.74, 6) is 0. The molecule has 0 aliphatic carbocycles. The van der Waals surface area contributed by atoms with Crippen LogP contribution in [0.1, 0.15) is 10.4 Å². The maximum absolute atomic E-state index is 12.1. The smallest absolute Gasteiger partial charge is 0.271 e. The first kappa shape index (κ1) is 14.5.